The number of fused-ring (bicyclic) bond motifs is 1. The number of esters is 1. The number of aryl methyl sites for hydroxylation is 1. The Morgan fingerprint density at radius 3 is 2.63 bits per heavy atom. The van der Waals surface area contributed by atoms with Crippen molar-refractivity contribution in [2.75, 3.05) is 12.8 Å². The molecule has 0 spiro atoms. The molecule has 27 heavy (non-hydrogen) atoms. The number of rotatable bonds is 4. The van der Waals surface area contributed by atoms with Crippen LogP contribution in [-0.4, -0.2) is 32.8 Å². The molecule has 0 saturated carbocycles. The number of carbonyl (C=O) groups is 1. The second-order valence-corrected chi connectivity index (χ2v) is 6.07. The van der Waals surface area contributed by atoms with E-state index < -0.39 is 0 Å². The third-order valence-corrected chi connectivity index (χ3v) is 4.19. The summed E-state index contributed by atoms with van der Waals surface area (Å²) < 4.78 is 12.1. The zero-order valence-corrected chi connectivity index (χ0v) is 14.8. The number of ether oxygens (including phenoxy) is 1. The molecule has 0 aliphatic rings. The molecular weight excluding hydrogens is 346 g/mol. The minimum Gasteiger partial charge on any atom is -0.465 e. The molecule has 0 aliphatic carbocycles. The molecule has 0 radical (unpaired) electrons. The highest BCUT2D eigenvalue weighted by molar-refractivity contribution is 5.90. The van der Waals surface area contributed by atoms with Gasteiger partial charge in [-0.25, -0.2) is 14.5 Å². The van der Waals surface area contributed by atoms with Gasteiger partial charge in [-0.1, -0.05) is 12.1 Å². The Morgan fingerprint density at radius 2 is 1.96 bits per heavy atom. The predicted octanol–water partition coefficient (Wildman–Crippen LogP) is 2.81. The molecule has 0 fully saturated rings. The minimum absolute atomic E-state index is 0.148. The number of nitrogens with two attached hydrogens (primary N) is 1. The standard InChI is InChI=1S/C19H17N5O3/c1-11-3-8-15(27-11)16-14-9-21-24(17(14)23-19(20)22-16)10-12-4-6-13(7-5-12)18(25)26-2/h3-9H,10H2,1-2H3,(H2,20,22,23). The summed E-state index contributed by atoms with van der Waals surface area (Å²) in [5.74, 6) is 1.18. The number of carbonyl (C=O) groups excluding carboxylic acids is 1. The molecular formula is C19H17N5O3. The molecule has 136 valence electrons. The summed E-state index contributed by atoms with van der Waals surface area (Å²) in [5, 5.41) is 5.18. The van der Waals surface area contributed by atoms with Gasteiger partial charge < -0.3 is 14.9 Å². The lowest BCUT2D eigenvalue weighted by molar-refractivity contribution is 0.0600. The van der Waals surface area contributed by atoms with Crippen molar-refractivity contribution in [3.05, 3.63) is 59.5 Å². The SMILES string of the molecule is COC(=O)c1ccc(Cn2ncc3c(-c4ccc(C)o4)nc(N)nc32)cc1. The highest BCUT2D eigenvalue weighted by Crippen LogP contribution is 2.28. The summed E-state index contributed by atoms with van der Waals surface area (Å²) in [6.07, 6.45) is 1.70. The van der Waals surface area contributed by atoms with Crippen LogP contribution in [0.1, 0.15) is 21.7 Å². The lowest BCUT2D eigenvalue weighted by Gasteiger charge is -2.06. The van der Waals surface area contributed by atoms with Crippen LogP contribution in [-0.2, 0) is 11.3 Å². The van der Waals surface area contributed by atoms with Crippen molar-refractivity contribution in [1.82, 2.24) is 19.7 Å². The van der Waals surface area contributed by atoms with E-state index in [4.69, 9.17) is 14.9 Å². The fraction of sp³-hybridized carbons (Fsp3) is 0.158. The van der Waals surface area contributed by atoms with Crippen LogP contribution < -0.4 is 5.73 Å². The Bertz CT molecular complexity index is 1130. The number of hydrogen-bond donors (Lipinski definition) is 1. The summed E-state index contributed by atoms with van der Waals surface area (Å²) in [4.78, 5) is 20.2. The normalized spacial score (nSPS) is 11.0. The third kappa shape index (κ3) is 3.12. The van der Waals surface area contributed by atoms with Gasteiger partial charge in [-0.05, 0) is 36.8 Å². The maximum atomic E-state index is 11.5. The van der Waals surface area contributed by atoms with Gasteiger partial charge in [-0.15, -0.1) is 0 Å². The smallest absolute Gasteiger partial charge is 0.337 e. The van der Waals surface area contributed by atoms with Crippen LogP contribution in [0.15, 0.2) is 47.0 Å². The van der Waals surface area contributed by atoms with Crippen LogP contribution >= 0.6 is 0 Å². The van der Waals surface area contributed by atoms with Crippen molar-refractivity contribution in [2.24, 2.45) is 0 Å². The first-order chi connectivity index (χ1) is 13.0. The molecule has 0 aliphatic heterocycles. The van der Waals surface area contributed by atoms with Crippen LogP contribution in [0.4, 0.5) is 5.95 Å². The zero-order valence-electron chi connectivity index (χ0n) is 14.8. The molecule has 8 nitrogen and oxygen atoms in total. The van der Waals surface area contributed by atoms with Gasteiger partial charge in [0.2, 0.25) is 5.95 Å². The first kappa shape index (κ1) is 16.8. The fourth-order valence-corrected chi connectivity index (χ4v) is 2.87. The number of anilines is 1. The molecule has 2 N–H and O–H groups in total. The van der Waals surface area contributed by atoms with Crippen molar-refractivity contribution in [3.63, 3.8) is 0 Å². The van der Waals surface area contributed by atoms with Crippen LogP contribution in [0.3, 0.4) is 0 Å². The summed E-state index contributed by atoms with van der Waals surface area (Å²) in [7, 11) is 1.36. The minimum atomic E-state index is -0.370. The third-order valence-electron chi connectivity index (χ3n) is 4.19. The van der Waals surface area contributed by atoms with Gasteiger partial charge in [0, 0.05) is 0 Å². The molecule has 3 aromatic heterocycles. The van der Waals surface area contributed by atoms with Crippen LogP contribution in [0.2, 0.25) is 0 Å². The Kier molecular flexibility index (Phi) is 4.08. The molecule has 0 bridgehead atoms. The number of aromatic nitrogens is 4. The number of benzene rings is 1. The van der Waals surface area contributed by atoms with E-state index in [1.807, 2.05) is 31.2 Å². The molecule has 0 amide bonds. The number of methoxy groups -OCH3 is 1. The van der Waals surface area contributed by atoms with Crippen molar-refractivity contribution in [1.29, 1.82) is 0 Å². The average Bonchev–Trinajstić information content (AvgIpc) is 3.28. The van der Waals surface area contributed by atoms with E-state index in [9.17, 15) is 4.79 Å². The quantitative estimate of drug-likeness (QED) is 0.555. The van der Waals surface area contributed by atoms with E-state index in [2.05, 4.69) is 15.1 Å². The summed E-state index contributed by atoms with van der Waals surface area (Å²) >= 11 is 0. The Labute approximate surface area is 154 Å². The maximum absolute atomic E-state index is 11.5. The molecule has 0 unspecified atom stereocenters. The lowest BCUT2D eigenvalue weighted by atomic mass is 10.1. The number of nitrogen functional groups attached to an aromatic ring is 1. The maximum Gasteiger partial charge on any atom is 0.337 e. The fourth-order valence-electron chi connectivity index (χ4n) is 2.87. The van der Waals surface area contributed by atoms with E-state index in [-0.39, 0.29) is 11.9 Å². The molecule has 4 rings (SSSR count). The van der Waals surface area contributed by atoms with Crippen LogP contribution in [0, 0.1) is 6.92 Å². The molecule has 1 aromatic carbocycles. The van der Waals surface area contributed by atoms with Gasteiger partial charge in [0.1, 0.15) is 11.5 Å². The largest absolute Gasteiger partial charge is 0.465 e. The number of furan rings is 1. The van der Waals surface area contributed by atoms with E-state index >= 15 is 0 Å². The summed E-state index contributed by atoms with van der Waals surface area (Å²) in [5.41, 5.74) is 8.58. The average molecular weight is 363 g/mol. The Morgan fingerprint density at radius 1 is 1.19 bits per heavy atom. The second kappa shape index (κ2) is 6.56. The van der Waals surface area contributed by atoms with Crippen molar-refractivity contribution in [2.45, 2.75) is 13.5 Å². The Hall–Kier alpha value is -3.68. The first-order valence-corrected chi connectivity index (χ1v) is 8.28. The van der Waals surface area contributed by atoms with Crippen molar-refractivity contribution >= 4 is 23.0 Å². The van der Waals surface area contributed by atoms with Crippen LogP contribution in [0.5, 0.6) is 0 Å². The first-order valence-electron chi connectivity index (χ1n) is 8.28. The van der Waals surface area contributed by atoms with Gasteiger partial charge in [-0.2, -0.15) is 10.1 Å². The van der Waals surface area contributed by atoms with Gasteiger partial charge in [0.15, 0.2) is 11.4 Å². The van der Waals surface area contributed by atoms with E-state index in [0.717, 1.165) is 16.7 Å². The van der Waals surface area contributed by atoms with Gasteiger partial charge >= 0.3 is 5.97 Å². The number of hydrogen-bond acceptors (Lipinski definition) is 7. The second-order valence-electron chi connectivity index (χ2n) is 6.07. The van der Waals surface area contributed by atoms with E-state index in [0.29, 0.717) is 29.2 Å². The van der Waals surface area contributed by atoms with Gasteiger partial charge in [0.25, 0.3) is 0 Å². The molecule has 0 atom stereocenters. The molecule has 0 saturated heterocycles. The van der Waals surface area contributed by atoms with Crippen LogP contribution in [0.25, 0.3) is 22.5 Å². The topological polar surface area (TPSA) is 109 Å². The van der Waals surface area contributed by atoms with Crippen molar-refractivity contribution in [3.8, 4) is 11.5 Å². The summed E-state index contributed by atoms with van der Waals surface area (Å²) in [6, 6.07) is 10.8. The number of nitrogens with zero attached hydrogens (tertiary/aromatic N) is 4. The van der Waals surface area contributed by atoms with Gasteiger partial charge in [-0.3, -0.25) is 0 Å². The molecule has 3 heterocycles. The van der Waals surface area contributed by atoms with E-state index in [1.165, 1.54) is 7.11 Å². The molecule has 4 aromatic rings. The highest BCUT2D eigenvalue weighted by Gasteiger charge is 2.16. The lowest BCUT2D eigenvalue weighted by Crippen LogP contribution is -2.06. The molecule has 8 heteroatoms. The van der Waals surface area contributed by atoms with E-state index in [1.54, 1.807) is 23.0 Å². The highest BCUT2D eigenvalue weighted by atomic mass is 16.5. The van der Waals surface area contributed by atoms with Gasteiger partial charge in [0.05, 0.1) is 30.8 Å². The monoisotopic (exact) mass is 363 g/mol. The predicted molar refractivity (Wildman–Crippen MR) is 99.1 cm³/mol. The zero-order chi connectivity index (χ0) is 19.0. The van der Waals surface area contributed by atoms with Crippen molar-refractivity contribution < 1.29 is 13.9 Å². The Balaban J connectivity index is 1.71. The summed E-state index contributed by atoms with van der Waals surface area (Å²) in [6.45, 7) is 2.34.